The summed E-state index contributed by atoms with van der Waals surface area (Å²) in [7, 11) is 0. The maximum absolute atomic E-state index is 14.3. The molecule has 4 heterocycles. The molecule has 0 aliphatic carbocycles. The fraction of sp³-hybridized carbons (Fsp3) is 0.406. The number of rotatable bonds is 8. The second kappa shape index (κ2) is 13.6. The molecule has 2 amide bonds. The average Bonchev–Trinajstić information content (AvgIpc) is 3.47. The number of para-hydroxylation sites is 2. The van der Waals surface area contributed by atoms with E-state index in [1.54, 1.807) is 29.2 Å². The summed E-state index contributed by atoms with van der Waals surface area (Å²) in [6, 6.07) is 17.6. The van der Waals surface area contributed by atoms with Crippen LogP contribution in [0, 0.1) is 0 Å². The number of benzene rings is 2. The summed E-state index contributed by atoms with van der Waals surface area (Å²) in [5.41, 5.74) is 1.75. The van der Waals surface area contributed by atoms with Crippen LogP contribution in [-0.2, 0) is 20.9 Å². The maximum Gasteiger partial charge on any atom is 0.407 e. The molecule has 2 aromatic heterocycles. The van der Waals surface area contributed by atoms with Crippen LogP contribution in [0.4, 0.5) is 25.2 Å². The Morgan fingerprint density at radius 1 is 0.935 bits per heavy atom. The van der Waals surface area contributed by atoms with Crippen LogP contribution in [-0.4, -0.2) is 94.4 Å². The molecule has 0 saturated carbocycles. The Morgan fingerprint density at radius 2 is 1.59 bits per heavy atom. The van der Waals surface area contributed by atoms with E-state index in [4.69, 9.17) is 19.4 Å². The summed E-state index contributed by atoms with van der Waals surface area (Å²) in [6.45, 7) is 6.85. The number of alkyl carbamates (subject to hydrolysis) is 1. The predicted octanol–water partition coefficient (Wildman–Crippen LogP) is 3.94. The molecular formula is C32H36F2N8O4. The Labute approximate surface area is 264 Å². The highest BCUT2D eigenvalue weighted by atomic mass is 19.3. The first kappa shape index (κ1) is 31.1. The van der Waals surface area contributed by atoms with Crippen LogP contribution in [0.5, 0.6) is 0 Å². The molecule has 2 fully saturated rings. The molecule has 2 saturated heterocycles. The number of alkyl halides is 2. The lowest BCUT2D eigenvalue weighted by Gasteiger charge is -2.45. The Balaban J connectivity index is 1.21. The van der Waals surface area contributed by atoms with Crippen molar-refractivity contribution in [2.45, 2.75) is 39.0 Å². The summed E-state index contributed by atoms with van der Waals surface area (Å²) >= 11 is 0. The van der Waals surface area contributed by atoms with Crippen LogP contribution in [0.2, 0.25) is 0 Å². The Morgan fingerprint density at radius 3 is 2.28 bits per heavy atom. The van der Waals surface area contributed by atoms with Gasteiger partial charge in [-0.1, -0.05) is 42.5 Å². The van der Waals surface area contributed by atoms with E-state index in [1.807, 2.05) is 55.1 Å². The van der Waals surface area contributed by atoms with Crippen molar-refractivity contribution >= 4 is 34.7 Å². The van der Waals surface area contributed by atoms with Crippen molar-refractivity contribution in [1.29, 1.82) is 0 Å². The van der Waals surface area contributed by atoms with Gasteiger partial charge in [0.2, 0.25) is 11.9 Å². The zero-order valence-electron chi connectivity index (χ0n) is 25.7. The van der Waals surface area contributed by atoms with Crippen molar-refractivity contribution in [2.75, 3.05) is 55.7 Å². The van der Waals surface area contributed by atoms with Crippen molar-refractivity contribution in [3.8, 4) is 5.95 Å². The summed E-state index contributed by atoms with van der Waals surface area (Å²) in [4.78, 5) is 45.1. The predicted molar refractivity (Wildman–Crippen MR) is 167 cm³/mol. The van der Waals surface area contributed by atoms with Gasteiger partial charge in [0.15, 0.2) is 5.82 Å². The fourth-order valence-corrected chi connectivity index (χ4v) is 6.04. The van der Waals surface area contributed by atoms with Crippen LogP contribution < -0.4 is 15.1 Å². The van der Waals surface area contributed by atoms with Crippen molar-refractivity contribution in [3.05, 3.63) is 72.1 Å². The van der Waals surface area contributed by atoms with E-state index in [9.17, 15) is 18.4 Å². The van der Waals surface area contributed by atoms with E-state index < -0.39 is 18.3 Å². The van der Waals surface area contributed by atoms with Gasteiger partial charge in [0.25, 0.3) is 6.43 Å². The third kappa shape index (κ3) is 6.71. The molecule has 14 heteroatoms. The number of imidazole rings is 1. The van der Waals surface area contributed by atoms with Gasteiger partial charge in [0.05, 0.1) is 24.2 Å². The van der Waals surface area contributed by atoms with Gasteiger partial charge >= 0.3 is 6.09 Å². The van der Waals surface area contributed by atoms with Gasteiger partial charge in [-0.05, 0) is 31.5 Å². The number of fused-ring (bicyclic) bond motifs is 1. The Kier molecular flexibility index (Phi) is 9.24. The maximum atomic E-state index is 14.3. The van der Waals surface area contributed by atoms with Gasteiger partial charge < -0.3 is 29.5 Å². The number of hydrogen-bond donors (Lipinski definition) is 1. The highest BCUT2D eigenvalue weighted by Gasteiger charge is 2.34. The first-order valence-electron chi connectivity index (χ1n) is 15.3. The fourth-order valence-electron chi connectivity index (χ4n) is 6.04. The van der Waals surface area contributed by atoms with Crippen LogP contribution >= 0.6 is 0 Å². The number of morpholine rings is 1. The Hall–Kier alpha value is -4.85. The molecule has 46 heavy (non-hydrogen) atoms. The second-order valence-corrected chi connectivity index (χ2v) is 11.4. The highest BCUT2D eigenvalue weighted by Crippen LogP contribution is 2.30. The van der Waals surface area contributed by atoms with E-state index in [0.717, 1.165) is 5.56 Å². The van der Waals surface area contributed by atoms with Gasteiger partial charge in [0, 0.05) is 44.3 Å². The number of hydrogen-bond acceptors (Lipinski definition) is 9. The van der Waals surface area contributed by atoms with E-state index in [1.165, 1.54) is 4.57 Å². The number of carbonyl (C=O) groups excluding carboxylic acids is 2. The zero-order chi connectivity index (χ0) is 32.2. The van der Waals surface area contributed by atoms with Crippen molar-refractivity contribution in [2.24, 2.45) is 0 Å². The van der Waals surface area contributed by atoms with Crippen LogP contribution in [0.15, 0.2) is 60.7 Å². The molecule has 2 atom stereocenters. The van der Waals surface area contributed by atoms with E-state index in [0.29, 0.717) is 62.1 Å². The number of carbonyl (C=O) groups is 2. The molecule has 0 bridgehead atoms. The second-order valence-electron chi connectivity index (χ2n) is 11.4. The number of anilines is 2. The van der Waals surface area contributed by atoms with Gasteiger partial charge in [-0.15, -0.1) is 0 Å². The molecule has 12 nitrogen and oxygen atoms in total. The SMILES string of the molecule is CC1CN(c2cc(N3CCOCC3)nc(-n3c(C(F)F)nc4ccccc43)n2)CC(C)N1C(=O)CNC(=O)OCc1ccccc1. The highest BCUT2D eigenvalue weighted by molar-refractivity contribution is 5.83. The number of halogens is 2. The van der Waals surface area contributed by atoms with E-state index in [2.05, 4.69) is 15.2 Å². The van der Waals surface area contributed by atoms with Crippen LogP contribution in [0.25, 0.3) is 17.0 Å². The molecule has 2 aromatic carbocycles. The van der Waals surface area contributed by atoms with E-state index in [-0.39, 0.29) is 37.1 Å². The van der Waals surface area contributed by atoms with Gasteiger partial charge in [-0.25, -0.2) is 18.6 Å². The molecule has 0 radical (unpaired) electrons. The molecule has 1 N–H and O–H groups in total. The minimum absolute atomic E-state index is 0.0972. The lowest BCUT2D eigenvalue weighted by atomic mass is 10.1. The average molecular weight is 635 g/mol. The molecule has 2 aliphatic rings. The quantitative estimate of drug-likeness (QED) is 0.308. The zero-order valence-corrected chi connectivity index (χ0v) is 25.7. The molecule has 4 aromatic rings. The third-order valence-corrected chi connectivity index (χ3v) is 8.13. The Bertz CT molecular complexity index is 1670. The normalized spacial score (nSPS) is 18.7. The van der Waals surface area contributed by atoms with Gasteiger partial charge in [-0.2, -0.15) is 9.97 Å². The van der Waals surface area contributed by atoms with Gasteiger partial charge in [-0.3, -0.25) is 9.36 Å². The molecular weight excluding hydrogens is 598 g/mol. The summed E-state index contributed by atoms with van der Waals surface area (Å²) < 4.78 is 40.6. The van der Waals surface area contributed by atoms with Crippen LogP contribution in [0.1, 0.15) is 31.7 Å². The van der Waals surface area contributed by atoms with Crippen LogP contribution in [0.3, 0.4) is 0 Å². The number of aromatic nitrogens is 4. The minimum Gasteiger partial charge on any atom is -0.445 e. The molecule has 242 valence electrons. The molecule has 0 spiro atoms. The standard InChI is InChI=1S/C32H36F2N8O4/c1-21-18-40(19-22(2)41(21)28(43)17-35-32(44)46-20-23-8-4-3-5-9-23)27-16-26(39-12-14-45-15-13-39)37-31(38-27)42-25-11-7-6-10-24(25)36-30(42)29(33)34/h3-11,16,21-22,29H,12-15,17-20H2,1-2H3,(H,35,44). The van der Waals surface area contributed by atoms with E-state index >= 15 is 0 Å². The number of amides is 2. The van der Waals surface area contributed by atoms with Crippen molar-refractivity contribution in [3.63, 3.8) is 0 Å². The number of nitrogens with one attached hydrogen (secondary N) is 1. The lowest BCUT2D eigenvalue weighted by Crippen LogP contribution is -2.60. The molecule has 2 aliphatic heterocycles. The van der Waals surface area contributed by atoms with Gasteiger partial charge in [0.1, 0.15) is 24.8 Å². The number of ether oxygens (including phenoxy) is 2. The first-order chi connectivity index (χ1) is 22.3. The number of piperazine rings is 1. The van der Waals surface area contributed by atoms with Crippen molar-refractivity contribution in [1.82, 2.24) is 29.7 Å². The number of nitrogens with zero attached hydrogens (tertiary/aromatic N) is 7. The summed E-state index contributed by atoms with van der Waals surface area (Å²) in [6.07, 6.45) is -3.51. The smallest absolute Gasteiger partial charge is 0.407 e. The monoisotopic (exact) mass is 634 g/mol. The lowest BCUT2D eigenvalue weighted by molar-refractivity contribution is -0.135. The first-order valence-corrected chi connectivity index (χ1v) is 15.3. The topological polar surface area (TPSA) is 118 Å². The largest absolute Gasteiger partial charge is 0.445 e. The van der Waals surface area contributed by atoms with Crippen molar-refractivity contribution < 1.29 is 27.8 Å². The molecule has 6 rings (SSSR count). The summed E-state index contributed by atoms with van der Waals surface area (Å²) in [5.74, 6) is 0.578. The summed E-state index contributed by atoms with van der Waals surface area (Å²) in [5, 5.41) is 2.56. The third-order valence-electron chi connectivity index (χ3n) is 8.13. The minimum atomic E-state index is -2.84. The molecule has 2 unspecified atom stereocenters.